The molecule has 1 unspecified atom stereocenters. The second-order valence-electron chi connectivity index (χ2n) is 5.11. The Kier molecular flexibility index (Phi) is 3.82. The Bertz CT molecular complexity index is 482. The van der Waals surface area contributed by atoms with Gasteiger partial charge in [-0.05, 0) is 19.3 Å². The smallest absolute Gasteiger partial charge is 0.294 e. The summed E-state index contributed by atoms with van der Waals surface area (Å²) in [5.74, 6) is 0.148. The van der Waals surface area contributed by atoms with E-state index in [2.05, 4.69) is 15.2 Å². The van der Waals surface area contributed by atoms with Crippen molar-refractivity contribution in [2.45, 2.75) is 45.1 Å². The highest BCUT2D eigenvalue weighted by atomic mass is 16.2. The van der Waals surface area contributed by atoms with Gasteiger partial charge in [0.1, 0.15) is 11.9 Å². The first-order valence-corrected chi connectivity index (χ1v) is 6.53. The van der Waals surface area contributed by atoms with Crippen molar-refractivity contribution < 1.29 is 9.59 Å². The average Bonchev–Trinajstić information content (AvgIpc) is 2.87. The van der Waals surface area contributed by atoms with Gasteiger partial charge in [-0.2, -0.15) is 0 Å². The van der Waals surface area contributed by atoms with Crippen LogP contribution in [0.15, 0.2) is 0 Å². The van der Waals surface area contributed by atoms with E-state index >= 15 is 0 Å². The van der Waals surface area contributed by atoms with Gasteiger partial charge in [0.25, 0.3) is 5.91 Å². The van der Waals surface area contributed by atoms with Crippen molar-refractivity contribution in [2.24, 2.45) is 5.73 Å². The standard InChI is InChI=1S/C12H19N5O2/c1-7(2)10-14-11(16-15-10)12(19)17-6-4-3-5-8(17)9(13)18/h7-8H,3-6H2,1-2H3,(H2,13,18)(H,14,15,16). The number of rotatable bonds is 3. The molecule has 1 fully saturated rings. The van der Waals surface area contributed by atoms with Crippen LogP contribution in [0.25, 0.3) is 0 Å². The predicted molar refractivity (Wildman–Crippen MR) is 68.3 cm³/mol. The summed E-state index contributed by atoms with van der Waals surface area (Å²) in [5, 5.41) is 6.67. The number of amides is 2. The molecular weight excluding hydrogens is 246 g/mol. The van der Waals surface area contributed by atoms with E-state index in [1.54, 1.807) is 0 Å². The number of carbonyl (C=O) groups is 2. The molecule has 0 aromatic carbocycles. The summed E-state index contributed by atoms with van der Waals surface area (Å²) < 4.78 is 0. The molecule has 1 aromatic heterocycles. The highest BCUT2D eigenvalue weighted by Gasteiger charge is 2.33. The molecule has 19 heavy (non-hydrogen) atoms. The fourth-order valence-electron chi connectivity index (χ4n) is 2.23. The van der Waals surface area contributed by atoms with Crippen molar-refractivity contribution in [3.63, 3.8) is 0 Å². The minimum Gasteiger partial charge on any atom is -0.368 e. The summed E-state index contributed by atoms with van der Waals surface area (Å²) in [4.78, 5) is 29.4. The summed E-state index contributed by atoms with van der Waals surface area (Å²) in [6.07, 6.45) is 2.39. The van der Waals surface area contributed by atoms with Crippen molar-refractivity contribution >= 4 is 11.8 Å². The van der Waals surface area contributed by atoms with E-state index in [1.807, 2.05) is 13.8 Å². The minimum atomic E-state index is -0.540. The molecule has 1 aromatic rings. The first-order chi connectivity index (χ1) is 9.00. The molecule has 1 aliphatic rings. The molecule has 2 rings (SSSR count). The van der Waals surface area contributed by atoms with Crippen LogP contribution in [0.2, 0.25) is 0 Å². The number of primary amides is 1. The number of piperidine rings is 1. The van der Waals surface area contributed by atoms with Gasteiger partial charge in [-0.1, -0.05) is 13.8 Å². The predicted octanol–water partition coefficient (Wildman–Crippen LogP) is 0.408. The van der Waals surface area contributed by atoms with E-state index in [-0.39, 0.29) is 17.6 Å². The highest BCUT2D eigenvalue weighted by Crippen LogP contribution is 2.19. The second kappa shape index (κ2) is 5.38. The van der Waals surface area contributed by atoms with Crippen LogP contribution in [0.4, 0.5) is 0 Å². The summed E-state index contributed by atoms with van der Waals surface area (Å²) in [5.41, 5.74) is 5.35. The van der Waals surface area contributed by atoms with Gasteiger partial charge in [-0.25, -0.2) is 4.98 Å². The SMILES string of the molecule is CC(C)c1nc(C(=O)N2CCCCC2C(N)=O)n[nH]1. The Morgan fingerprint density at radius 1 is 1.42 bits per heavy atom. The zero-order chi connectivity index (χ0) is 14.0. The van der Waals surface area contributed by atoms with Crippen LogP contribution in [0, 0.1) is 0 Å². The summed E-state index contributed by atoms with van der Waals surface area (Å²) >= 11 is 0. The van der Waals surface area contributed by atoms with Crippen LogP contribution >= 0.6 is 0 Å². The first kappa shape index (κ1) is 13.5. The van der Waals surface area contributed by atoms with Gasteiger partial charge in [0.15, 0.2) is 0 Å². The van der Waals surface area contributed by atoms with E-state index in [1.165, 1.54) is 4.90 Å². The largest absolute Gasteiger partial charge is 0.368 e. The van der Waals surface area contributed by atoms with E-state index in [0.717, 1.165) is 12.8 Å². The molecule has 1 atom stereocenters. The molecular formula is C12H19N5O2. The van der Waals surface area contributed by atoms with Crippen LogP contribution in [0.1, 0.15) is 55.5 Å². The Labute approximate surface area is 111 Å². The fourth-order valence-corrected chi connectivity index (χ4v) is 2.23. The van der Waals surface area contributed by atoms with Crippen LogP contribution in [0.5, 0.6) is 0 Å². The molecule has 3 N–H and O–H groups in total. The number of nitrogens with two attached hydrogens (primary N) is 1. The van der Waals surface area contributed by atoms with Crippen LogP contribution in [0.3, 0.4) is 0 Å². The summed E-state index contributed by atoms with van der Waals surface area (Å²) in [6, 6.07) is -0.540. The van der Waals surface area contributed by atoms with Crippen LogP contribution in [-0.2, 0) is 4.79 Å². The van der Waals surface area contributed by atoms with E-state index < -0.39 is 11.9 Å². The number of aromatic nitrogens is 3. The molecule has 104 valence electrons. The zero-order valence-electron chi connectivity index (χ0n) is 11.2. The molecule has 7 nitrogen and oxygen atoms in total. The van der Waals surface area contributed by atoms with E-state index in [9.17, 15) is 9.59 Å². The van der Waals surface area contributed by atoms with Crippen LogP contribution < -0.4 is 5.73 Å². The molecule has 2 amide bonds. The van der Waals surface area contributed by atoms with Crippen molar-refractivity contribution in [2.75, 3.05) is 6.54 Å². The lowest BCUT2D eigenvalue weighted by Gasteiger charge is -2.32. The van der Waals surface area contributed by atoms with E-state index in [4.69, 9.17) is 5.73 Å². The third kappa shape index (κ3) is 2.74. The zero-order valence-corrected chi connectivity index (χ0v) is 11.2. The highest BCUT2D eigenvalue weighted by molar-refractivity contribution is 5.94. The quantitative estimate of drug-likeness (QED) is 0.825. The number of carbonyl (C=O) groups excluding carboxylic acids is 2. The molecule has 0 spiro atoms. The Hall–Kier alpha value is -1.92. The van der Waals surface area contributed by atoms with Gasteiger partial charge in [0.05, 0.1) is 0 Å². The lowest BCUT2D eigenvalue weighted by Crippen LogP contribution is -2.50. The van der Waals surface area contributed by atoms with Crippen LogP contribution in [-0.4, -0.2) is 44.5 Å². The minimum absolute atomic E-state index is 0.108. The molecule has 1 saturated heterocycles. The second-order valence-corrected chi connectivity index (χ2v) is 5.11. The van der Waals surface area contributed by atoms with Gasteiger partial charge in [0, 0.05) is 12.5 Å². The maximum absolute atomic E-state index is 12.3. The topological polar surface area (TPSA) is 105 Å². The van der Waals surface area contributed by atoms with Gasteiger partial charge in [-0.3, -0.25) is 14.7 Å². The molecule has 0 radical (unpaired) electrons. The van der Waals surface area contributed by atoms with E-state index in [0.29, 0.717) is 18.8 Å². The van der Waals surface area contributed by atoms with Crippen molar-refractivity contribution in [1.29, 1.82) is 0 Å². The number of hydrogen-bond donors (Lipinski definition) is 2. The molecule has 0 bridgehead atoms. The maximum atomic E-state index is 12.3. The van der Waals surface area contributed by atoms with Crippen molar-refractivity contribution in [1.82, 2.24) is 20.1 Å². The van der Waals surface area contributed by atoms with Crippen molar-refractivity contribution in [3.8, 4) is 0 Å². The number of hydrogen-bond acceptors (Lipinski definition) is 4. The Morgan fingerprint density at radius 3 is 2.74 bits per heavy atom. The number of nitrogens with zero attached hydrogens (tertiary/aromatic N) is 3. The maximum Gasteiger partial charge on any atom is 0.294 e. The number of likely N-dealkylation sites (tertiary alicyclic amines) is 1. The molecule has 1 aliphatic heterocycles. The summed E-state index contributed by atoms with van der Waals surface area (Å²) in [7, 11) is 0. The molecule has 2 heterocycles. The third-order valence-electron chi connectivity index (χ3n) is 3.33. The molecule has 7 heteroatoms. The lowest BCUT2D eigenvalue weighted by atomic mass is 10.0. The normalized spacial score (nSPS) is 19.7. The Morgan fingerprint density at radius 2 is 2.16 bits per heavy atom. The van der Waals surface area contributed by atoms with Gasteiger partial charge >= 0.3 is 0 Å². The molecule has 0 saturated carbocycles. The van der Waals surface area contributed by atoms with Gasteiger partial charge in [-0.15, -0.1) is 5.10 Å². The van der Waals surface area contributed by atoms with Gasteiger partial charge in [0.2, 0.25) is 11.7 Å². The Balaban J connectivity index is 2.18. The fraction of sp³-hybridized carbons (Fsp3) is 0.667. The van der Waals surface area contributed by atoms with Crippen molar-refractivity contribution in [3.05, 3.63) is 11.6 Å². The first-order valence-electron chi connectivity index (χ1n) is 6.53. The number of H-pyrrole nitrogens is 1. The molecule has 0 aliphatic carbocycles. The van der Waals surface area contributed by atoms with Gasteiger partial charge < -0.3 is 10.6 Å². The number of nitrogens with one attached hydrogen (secondary N) is 1. The lowest BCUT2D eigenvalue weighted by molar-refractivity contribution is -0.123. The average molecular weight is 265 g/mol. The third-order valence-corrected chi connectivity index (χ3v) is 3.33. The number of aromatic amines is 1. The summed E-state index contributed by atoms with van der Waals surface area (Å²) in [6.45, 7) is 4.45. The monoisotopic (exact) mass is 265 g/mol.